The number of fused-ring (bicyclic) bond motifs is 3. The second kappa shape index (κ2) is 17.5. The number of carbonyl (C=O) groups excluding carboxylic acids is 2. The van der Waals surface area contributed by atoms with Crippen molar-refractivity contribution in [3.05, 3.63) is 131 Å². The number of hydrogen-bond acceptors (Lipinski definition) is 9. The van der Waals surface area contributed by atoms with Crippen LogP contribution in [0.25, 0.3) is 44.0 Å². The molecule has 3 aromatic heterocycles. The first-order chi connectivity index (χ1) is 26.7. The van der Waals surface area contributed by atoms with E-state index in [0.29, 0.717) is 29.2 Å². The normalized spacial score (nSPS) is 10.9. The molecule has 2 N–H and O–H groups in total. The number of pyridine rings is 2. The van der Waals surface area contributed by atoms with Gasteiger partial charge in [-0.05, 0) is 65.7 Å². The molecule has 0 atom stereocenters. The fourth-order valence-electron chi connectivity index (χ4n) is 6.47. The number of benzene rings is 4. The third-order valence-electron chi connectivity index (χ3n) is 9.22. The number of nitrogens with zero attached hydrogens (tertiary/aromatic N) is 5. The first-order valence-corrected chi connectivity index (χ1v) is 18.4. The molecular formula is C44H45N7O4. The van der Waals surface area contributed by atoms with Gasteiger partial charge in [0.25, 0.3) is 11.8 Å². The van der Waals surface area contributed by atoms with Gasteiger partial charge in [-0.1, -0.05) is 74.7 Å². The van der Waals surface area contributed by atoms with Crippen molar-refractivity contribution in [2.24, 2.45) is 0 Å². The molecule has 0 spiro atoms. The van der Waals surface area contributed by atoms with Gasteiger partial charge in [-0.2, -0.15) is 0 Å². The highest BCUT2D eigenvalue weighted by molar-refractivity contribution is 6.16. The van der Waals surface area contributed by atoms with Crippen molar-refractivity contribution in [1.29, 1.82) is 0 Å². The molecule has 0 aliphatic heterocycles. The van der Waals surface area contributed by atoms with Gasteiger partial charge in [-0.25, -0.2) is 19.7 Å². The fourth-order valence-corrected chi connectivity index (χ4v) is 6.47. The molecule has 4 aromatic carbocycles. The van der Waals surface area contributed by atoms with E-state index in [0.717, 1.165) is 64.2 Å². The van der Waals surface area contributed by atoms with Crippen LogP contribution in [0.15, 0.2) is 119 Å². The van der Waals surface area contributed by atoms with Gasteiger partial charge in [-0.3, -0.25) is 9.59 Å². The van der Waals surface area contributed by atoms with Gasteiger partial charge in [0.15, 0.2) is 11.2 Å². The number of aromatic nitrogens is 3. The first kappa shape index (κ1) is 38.1. The minimum absolute atomic E-state index is 0.223. The van der Waals surface area contributed by atoms with Crippen molar-refractivity contribution >= 4 is 61.5 Å². The van der Waals surface area contributed by atoms with E-state index in [1.807, 2.05) is 99.8 Å². The third-order valence-corrected chi connectivity index (χ3v) is 9.22. The highest BCUT2D eigenvalue weighted by atomic mass is 16.4. The summed E-state index contributed by atoms with van der Waals surface area (Å²) >= 11 is 0. The van der Waals surface area contributed by atoms with Crippen LogP contribution in [0.2, 0.25) is 0 Å². The van der Waals surface area contributed by atoms with Crippen molar-refractivity contribution in [3.63, 3.8) is 0 Å². The minimum Gasteiger partial charge on any atom is -0.402 e. The van der Waals surface area contributed by atoms with Crippen LogP contribution in [0.4, 0.5) is 17.1 Å². The van der Waals surface area contributed by atoms with E-state index in [9.17, 15) is 14.4 Å². The predicted octanol–water partition coefficient (Wildman–Crippen LogP) is 8.33. The number of carbonyl (C=O) groups is 2. The lowest BCUT2D eigenvalue weighted by Crippen LogP contribution is -2.27. The molecule has 0 saturated carbocycles. The summed E-state index contributed by atoms with van der Waals surface area (Å²) in [7, 11) is 7.96. The number of amides is 2. The Labute approximate surface area is 320 Å². The predicted molar refractivity (Wildman–Crippen MR) is 222 cm³/mol. The largest absolute Gasteiger partial charge is 0.402 e. The fraction of sp³-hybridized carbons (Fsp3) is 0.227. The maximum atomic E-state index is 13.1. The molecular weight excluding hydrogens is 691 g/mol. The van der Waals surface area contributed by atoms with Crippen LogP contribution in [0.5, 0.6) is 0 Å². The zero-order valence-electron chi connectivity index (χ0n) is 31.8. The van der Waals surface area contributed by atoms with Crippen LogP contribution in [0, 0.1) is 0 Å². The van der Waals surface area contributed by atoms with E-state index >= 15 is 0 Å². The smallest absolute Gasteiger partial charge is 0.365 e. The Bertz CT molecular complexity index is 2530. The van der Waals surface area contributed by atoms with E-state index in [1.54, 1.807) is 36.7 Å². The summed E-state index contributed by atoms with van der Waals surface area (Å²) in [5.41, 5.74) is 4.40. The summed E-state index contributed by atoms with van der Waals surface area (Å²) in [6.07, 6.45) is 7.43. The summed E-state index contributed by atoms with van der Waals surface area (Å²) in [6, 6.07) is 30.5. The number of anilines is 3. The second-order valence-corrected chi connectivity index (χ2v) is 13.5. The zero-order valence-corrected chi connectivity index (χ0v) is 31.8. The Balaban J connectivity index is 0.000000193. The Morgan fingerprint density at radius 3 is 2.02 bits per heavy atom. The molecule has 7 aromatic rings. The van der Waals surface area contributed by atoms with Crippen LogP contribution in [-0.2, 0) is 0 Å². The Hall–Kier alpha value is -6.62. The average Bonchev–Trinajstić information content (AvgIpc) is 3.20. The Morgan fingerprint density at radius 1 is 0.673 bits per heavy atom. The summed E-state index contributed by atoms with van der Waals surface area (Å²) in [4.78, 5) is 54.8. The molecule has 280 valence electrons. The number of unbranched alkanes of at least 4 members (excludes halogenated alkanes) is 3. The summed E-state index contributed by atoms with van der Waals surface area (Å²) < 4.78 is 5.44. The summed E-state index contributed by atoms with van der Waals surface area (Å²) in [6.45, 7) is 2.75. The molecule has 11 heteroatoms. The van der Waals surface area contributed by atoms with Crippen LogP contribution in [-0.4, -0.2) is 61.5 Å². The van der Waals surface area contributed by atoms with E-state index < -0.39 is 5.63 Å². The lowest BCUT2D eigenvalue weighted by atomic mass is 10.0. The van der Waals surface area contributed by atoms with Gasteiger partial charge in [0.2, 0.25) is 5.89 Å². The molecule has 0 unspecified atom stereocenters. The van der Waals surface area contributed by atoms with Crippen molar-refractivity contribution in [1.82, 2.24) is 20.3 Å². The number of rotatable bonds is 11. The van der Waals surface area contributed by atoms with Crippen LogP contribution in [0.1, 0.15) is 53.5 Å². The highest BCUT2D eigenvalue weighted by Gasteiger charge is 2.18. The van der Waals surface area contributed by atoms with Gasteiger partial charge in [-0.15, -0.1) is 0 Å². The SMILES string of the molecule is CCCCCCNC(=O)c1ncccc1NC(=O)c1ccc(N(C)C)c2ccccc12.CN(C)c1ccc(-c2nc3cccnc3c(=O)o2)c2ccccc12. The van der Waals surface area contributed by atoms with Gasteiger partial charge < -0.3 is 24.9 Å². The van der Waals surface area contributed by atoms with Gasteiger partial charge in [0.1, 0.15) is 5.52 Å². The first-order valence-electron chi connectivity index (χ1n) is 18.4. The van der Waals surface area contributed by atoms with Crippen LogP contribution in [0.3, 0.4) is 0 Å². The van der Waals surface area contributed by atoms with Crippen molar-refractivity contribution in [2.45, 2.75) is 32.6 Å². The maximum absolute atomic E-state index is 13.1. The summed E-state index contributed by atoms with van der Waals surface area (Å²) in [5.74, 6) is -0.242. The van der Waals surface area contributed by atoms with Crippen LogP contribution >= 0.6 is 0 Å². The quantitative estimate of drug-likeness (QED) is 0.126. The van der Waals surface area contributed by atoms with Crippen molar-refractivity contribution in [2.75, 3.05) is 49.9 Å². The third kappa shape index (κ3) is 8.62. The average molecular weight is 736 g/mol. The molecule has 0 bridgehead atoms. The summed E-state index contributed by atoms with van der Waals surface area (Å²) in [5, 5.41) is 9.71. The molecule has 11 nitrogen and oxygen atoms in total. The van der Waals surface area contributed by atoms with Crippen LogP contribution < -0.4 is 26.1 Å². The van der Waals surface area contributed by atoms with Gasteiger partial charge >= 0.3 is 5.63 Å². The van der Waals surface area contributed by atoms with E-state index in [1.165, 1.54) is 0 Å². The van der Waals surface area contributed by atoms with Gasteiger partial charge in [0.05, 0.1) is 5.69 Å². The maximum Gasteiger partial charge on any atom is 0.365 e. The Morgan fingerprint density at radius 2 is 1.31 bits per heavy atom. The molecule has 3 heterocycles. The highest BCUT2D eigenvalue weighted by Crippen LogP contribution is 2.34. The second-order valence-electron chi connectivity index (χ2n) is 13.5. The van der Waals surface area contributed by atoms with E-state index in [-0.39, 0.29) is 23.0 Å². The molecule has 0 fully saturated rings. The van der Waals surface area contributed by atoms with Gasteiger partial charge in [0, 0.05) is 80.4 Å². The molecule has 55 heavy (non-hydrogen) atoms. The zero-order chi connectivity index (χ0) is 38.9. The molecule has 0 aliphatic carbocycles. The molecule has 0 saturated heterocycles. The molecule has 7 rings (SSSR count). The van der Waals surface area contributed by atoms with Crippen molar-refractivity contribution < 1.29 is 14.0 Å². The van der Waals surface area contributed by atoms with E-state index in [4.69, 9.17) is 4.42 Å². The van der Waals surface area contributed by atoms with E-state index in [2.05, 4.69) is 43.5 Å². The molecule has 2 amide bonds. The number of hydrogen-bond donors (Lipinski definition) is 2. The number of nitrogens with one attached hydrogen (secondary N) is 2. The Kier molecular flexibility index (Phi) is 12.1. The lowest BCUT2D eigenvalue weighted by Gasteiger charge is -2.17. The van der Waals surface area contributed by atoms with Crippen molar-refractivity contribution in [3.8, 4) is 11.5 Å². The minimum atomic E-state index is -0.476. The molecule has 0 radical (unpaired) electrons. The lowest BCUT2D eigenvalue weighted by molar-refractivity contribution is 0.0949. The standard InChI is InChI=1S/C25H30N4O2.C19H15N3O2/c1-4-5-6-9-16-27-25(31)23-21(13-10-17-26-23)28-24(30)20-14-15-22(29(2)3)19-12-8-7-11-18(19)20;1-22(2)16-10-9-14(12-6-3-4-7-13(12)16)18-21-15-8-5-11-20-17(15)19(23)24-18/h7-8,10-15,17H,4-6,9,16H2,1-3H3,(H,27,31)(H,28,30);3-11H,1-2H3. The molecule has 0 aliphatic rings. The topological polar surface area (TPSA) is 134 Å². The monoisotopic (exact) mass is 735 g/mol.